The van der Waals surface area contributed by atoms with Gasteiger partial charge >= 0.3 is 14.7 Å². The van der Waals surface area contributed by atoms with Crippen molar-refractivity contribution in [2.24, 2.45) is 23.7 Å². The summed E-state index contributed by atoms with van der Waals surface area (Å²) in [6, 6.07) is 0. The van der Waals surface area contributed by atoms with Crippen molar-refractivity contribution < 1.29 is 27.1 Å². The largest absolute Gasteiger partial charge is 0.426 e. The van der Waals surface area contributed by atoms with E-state index in [0.717, 1.165) is 25.7 Å². The van der Waals surface area contributed by atoms with Gasteiger partial charge in [0, 0.05) is 12.1 Å². The molecule has 3 nitrogen and oxygen atoms in total. The number of hydrogen-bond donors (Lipinski definition) is 1. The lowest BCUT2D eigenvalue weighted by molar-refractivity contribution is -0.218. The molecule has 6 atom stereocenters. The van der Waals surface area contributed by atoms with E-state index in [1.165, 1.54) is 22.6 Å². The third kappa shape index (κ3) is 5.26. The summed E-state index contributed by atoms with van der Waals surface area (Å²) in [6.45, 7) is 12.5. The van der Waals surface area contributed by atoms with Crippen molar-refractivity contribution in [1.29, 1.82) is 0 Å². The van der Waals surface area contributed by atoms with Crippen molar-refractivity contribution in [3.8, 4) is 0 Å². The van der Waals surface area contributed by atoms with Gasteiger partial charge in [0.2, 0.25) is 3.61 Å². The predicted octanol–water partition coefficient (Wildman–Crippen LogP) is 6.43. The summed E-state index contributed by atoms with van der Waals surface area (Å²) in [6.07, 6.45) is -1.04. The Morgan fingerprint density at radius 2 is 1.50 bits per heavy atom. The van der Waals surface area contributed by atoms with Crippen LogP contribution in [0.5, 0.6) is 0 Å². The van der Waals surface area contributed by atoms with Gasteiger partial charge in [-0.2, -0.15) is 13.2 Å². The van der Waals surface area contributed by atoms with Crippen molar-refractivity contribution in [3.63, 3.8) is 0 Å². The van der Waals surface area contributed by atoms with Gasteiger partial charge in [0.05, 0.1) is 5.60 Å². The van der Waals surface area contributed by atoms with Crippen LogP contribution in [0.3, 0.4) is 0 Å². The fraction of sp³-hybridized carbons (Fsp3) is 1.00. The summed E-state index contributed by atoms with van der Waals surface area (Å²) < 4.78 is 49.2. The Labute approximate surface area is 182 Å². The van der Waals surface area contributed by atoms with E-state index in [4.69, 9.17) is 8.85 Å². The van der Waals surface area contributed by atoms with Crippen LogP contribution in [0.1, 0.15) is 66.7 Å². The second-order valence-corrected chi connectivity index (χ2v) is 16.3. The Kier molecular flexibility index (Phi) is 7.06. The van der Waals surface area contributed by atoms with E-state index in [9.17, 15) is 18.3 Å². The Hall–Kier alpha value is 0.617. The Morgan fingerprint density at radius 3 is 1.89 bits per heavy atom. The maximum Gasteiger partial charge on any atom is 0.426 e. The number of rotatable bonds is 7. The van der Waals surface area contributed by atoms with Crippen LogP contribution in [-0.2, 0) is 8.85 Å². The number of fused-ring (bicyclic) bond motifs is 2. The highest BCUT2D eigenvalue weighted by molar-refractivity contribution is 14.1. The molecule has 6 unspecified atom stereocenters. The summed E-state index contributed by atoms with van der Waals surface area (Å²) in [5.74, 6) is 1.03. The van der Waals surface area contributed by atoms with Crippen molar-refractivity contribution in [2.45, 2.75) is 93.7 Å². The van der Waals surface area contributed by atoms with E-state index >= 15 is 0 Å². The first-order valence-corrected chi connectivity index (χ1v) is 13.5. The van der Waals surface area contributed by atoms with E-state index in [0.29, 0.717) is 11.8 Å². The zero-order valence-corrected chi connectivity index (χ0v) is 21.3. The van der Waals surface area contributed by atoms with Crippen LogP contribution in [0.4, 0.5) is 13.2 Å². The average Bonchev–Trinajstić information content (AvgIpc) is 3.02. The minimum absolute atomic E-state index is 0.0675. The molecule has 0 spiro atoms. The van der Waals surface area contributed by atoms with Crippen LogP contribution in [-0.4, -0.2) is 36.2 Å². The molecule has 0 aliphatic heterocycles. The van der Waals surface area contributed by atoms with Gasteiger partial charge in [0.1, 0.15) is 0 Å². The highest BCUT2D eigenvalue weighted by atomic mass is 127. The first-order valence-electron chi connectivity index (χ1n) is 10.1. The minimum Gasteiger partial charge on any atom is -0.397 e. The molecule has 2 aliphatic rings. The Balaban J connectivity index is 2.12. The monoisotopic (exact) mass is 536 g/mol. The molecular formula is C20H36F3IO3Si. The molecule has 2 fully saturated rings. The quantitative estimate of drug-likeness (QED) is 0.232. The van der Waals surface area contributed by atoms with Crippen LogP contribution < -0.4 is 0 Å². The summed E-state index contributed by atoms with van der Waals surface area (Å²) in [5, 5.41) is 9.81. The summed E-state index contributed by atoms with van der Waals surface area (Å²) >= 11 is 1.18. The molecule has 0 aromatic rings. The molecule has 166 valence electrons. The third-order valence-corrected chi connectivity index (χ3v) is 12.4. The fourth-order valence-corrected chi connectivity index (χ4v) is 8.74. The van der Waals surface area contributed by atoms with Crippen molar-refractivity contribution >= 4 is 31.2 Å². The van der Waals surface area contributed by atoms with Gasteiger partial charge in [0.25, 0.3) is 0 Å². The van der Waals surface area contributed by atoms with Gasteiger partial charge in [-0.3, -0.25) is 0 Å². The van der Waals surface area contributed by atoms with Gasteiger partial charge in [-0.05, 0) is 106 Å². The van der Waals surface area contributed by atoms with Crippen LogP contribution in [0.2, 0.25) is 11.6 Å². The van der Waals surface area contributed by atoms with Crippen LogP contribution in [0.25, 0.3) is 0 Å². The number of alkyl halides is 4. The van der Waals surface area contributed by atoms with E-state index in [1.807, 2.05) is 20.8 Å². The molecule has 0 amide bonds. The lowest BCUT2D eigenvalue weighted by Gasteiger charge is -2.46. The zero-order chi connectivity index (χ0) is 21.8. The molecule has 2 saturated carbocycles. The normalized spacial score (nSPS) is 33.0. The highest BCUT2D eigenvalue weighted by Crippen LogP contribution is 2.60. The first-order chi connectivity index (χ1) is 12.4. The standard InChI is InChI=1S/C20H36F3IO3Si/c1-17(2,3)27-28(7,26-6)18(4,5)11-14-8-13-9-15(16(14)10-13)12-19(24,25)20(21,22)23/h13-16,25H,8-12H2,1-7H3. The first kappa shape index (κ1) is 24.9. The van der Waals surface area contributed by atoms with Crippen LogP contribution >= 0.6 is 22.6 Å². The van der Waals surface area contributed by atoms with Gasteiger partial charge in [-0.25, -0.2) is 0 Å². The Bertz CT molecular complexity index is 562. The van der Waals surface area contributed by atoms with Crippen molar-refractivity contribution in [2.75, 3.05) is 7.11 Å². The maximum absolute atomic E-state index is 13.2. The fourth-order valence-electron chi connectivity index (χ4n) is 5.46. The molecule has 0 aromatic heterocycles. The van der Waals surface area contributed by atoms with Crippen LogP contribution in [0, 0.1) is 23.7 Å². The molecular weight excluding hydrogens is 500 g/mol. The SMILES string of the molecule is CO[Si](C)(OC(C)(C)C)C(C)(C)CC1CC2CC(CC(O)(I)C(F)(F)F)C1C2. The smallest absolute Gasteiger partial charge is 0.397 e. The van der Waals surface area contributed by atoms with Gasteiger partial charge in [-0.1, -0.05) is 13.8 Å². The molecule has 0 heterocycles. The van der Waals surface area contributed by atoms with E-state index < -0.39 is 18.3 Å². The molecule has 0 aromatic carbocycles. The molecule has 28 heavy (non-hydrogen) atoms. The van der Waals surface area contributed by atoms with Gasteiger partial charge in [0.15, 0.2) is 0 Å². The molecule has 2 rings (SSSR count). The highest BCUT2D eigenvalue weighted by Gasteiger charge is 2.58. The number of halogens is 4. The van der Waals surface area contributed by atoms with E-state index in [1.54, 1.807) is 7.11 Å². The second-order valence-electron chi connectivity index (χ2n) is 10.7. The summed E-state index contributed by atoms with van der Waals surface area (Å²) in [7, 11) is -0.800. The average molecular weight is 536 g/mol. The number of hydrogen-bond acceptors (Lipinski definition) is 3. The topological polar surface area (TPSA) is 38.7 Å². The zero-order valence-electron chi connectivity index (χ0n) is 18.1. The maximum atomic E-state index is 13.2. The lowest BCUT2D eigenvalue weighted by atomic mass is 9.74. The van der Waals surface area contributed by atoms with Crippen molar-refractivity contribution in [3.05, 3.63) is 0 Å². The molecule has 8 heteroatoms. The minimum atomic E-state index is -4.59. The summed E-state index contributed by atoms with van der Waals surface area (Å²) in [4.78, 5) is 0. The molecule has 0 saturated heterocycles. The molecule has 2 aliphatic carbocycles. The third-order valence-electron chi connectivity index (χ3n) is 6.95. The molecule has 2 bridgehead atoms. The van der Waals surface area contributed by atoms with Gasteiger partial charge < -0.3 is 14.0 Å². The van der Waals surface area contributed by atoms with Gasteiger partial charge in [-0.15, -0.1) is 0 Å². The Morgan fingerprint density at radius 1 is 1.00 bits per heavy atom. The van der Waals surface area contributed by atoms with Crippen molar-refractivity contribution in [1.82, 2.24) is 0 Å². The predicted molar refractivity (Wildman–Crippen MR) is 116 cm³/mol. The van der Waals surface area contributed by atoms with Crippen LogP contribution in [0.15, 0.2) is 0 Å². The lowest BCUT2D eigenvalue weighted by Crippen LogP contribution is -2.53. The second kappa shape index (κ2) is 7.95. The van der Waals surface area contributed by atoms with E-state index in [-0.39, 0.29) is 28.9 Å². The molecule has 1 N–H and O–H groups in total. The number of aliphatic hydroxyl groups is 1. The summed E-state index contributed by atoms with van der Waals surface area (Å²) in [5.41, 5.74) is -0.310. The van der Waals surface area contributed by atoms with E-state index in [2.05, 4.69) is 20.4 Å². The molecule has 0 radical (unpaired) electrons.